The van der Waals surface area contributed by atoms with Gasteiger partial charge >= 0.3 is 12.1 Å². The summed E-state index contributed by atoms with van der Waals surface area (Å²) in [6, 6.07) is 10.8. The third kappa shape index (κ3) is 9.41. The molecule has 1 aliphatic rings. The lowest BCUT2D eigenvalue weighted by Crippen LogP contribution is -2.40. The number of carbonyl (C=O) groups is 2. The number of benzene rings is 2. The minimum absolute atomic E-state index is 0.0375. The van der Waals surface area contributed by atoms with Gasteiger partial charge in [-0.3, -0.25) is 0 Å². The largest absolute Gasteiger partial charge is 0.508 e. The van der Waals surface area contributed by atoms with Crippen LogP contribution in [0, 0.1) is 0 Å². The van der Waals surface area contributed by atoms with Crippen molar-refractivity contribution in [2.75, 3.05) is 5.32 Å². The molecule has 2 aromatic carbocycles. The molecule has 5 N–H and O–H groups in total. The molecule has 238 valence electrons. The van der Waals surface area contributed by atoms with Gasteiger partial charge in [0, 0.05) is 41.5 Å². The van der Waals surface area contributed by atoms with Crippen molar-refractivity contribution in [1.29, 1.82) is 0 Å². The van der Waals surface area contributed by atoms with Gasteiger partial charge in [-0.15, -0.1) is 11.3 Å². The first-order valence-corrected chi connectivity index (χ1v) is 16.9. The van der Waals surface area contributed by atoms with E-state index in [-0.39, 0.29) is 35.3 Å². The van der Waals surface area contributed by atoms with Crippen molar-refractivity contribution in [2.45, 2.75) is 95.3 Å². The number of alkyl carbamates (subject to hydrolysis) is 1. The highest BCUT2D eigenvalue weighted by Crippen LogP contribution is 2.40. The minimum atomic E-state index is -3.98. The van der Waals surface area contributed by atoms with Crippen molar-refractivity contribution in [2.24, 2.45) is 0 Å². The first-order chi connectivity index (χ1) is 20.7. The maximum Gasteiger partial charge on any atom is 0.407 e. The van der Waals surface area contributed by atoms with Crippen LogP contribution in [0.25, 0.3) is 10.4 Å². The van der Waals surface area contributed by atoms with Gasteiger partial charge in [-0.25, -0.2) is 27.7 Å². The van der Waals surface area contributed by atoms with Crippen molar-refractivity contribution < 1.29 is 27.9 Å². The molecule has 0 atom stereocenters. The van der Waals surface area contributed by atoms with E-state index in [0.29, 0.717) is 16.1 Å². The second kappa shape index (κ2) is 14.0. The molecular formula is C31H41N5O6S2. The van der Waals surface area contributed by atoms with Gasteiger partial charge in [0.1, 0.15) is 5.75 Å². The smallest absolute Gasteiger partial charge is 0.407 e. The van der Waals surface area contributed by atoms with Gasteiger partial charge in [-0.05, 0) is 90.1 Å². The van der Waals surface area contributed by atoms with Crippen molar-refractivity contribution in [3.63, 3.8) is 0 Å². The lowest BCUT2D eigenvalue weighted by atomic mass is 9.86. The number of nitrogens with one attached hydrogen (secondary N) is 4. The van der Waals surface area contributed by atoms with Crippen LogP contribution in [-0.2, 0) is 21.3 Å². The van der Waals surface area contributed by atoms with E-state index >= 15 is 0 Å². The third-order valence-corrected chi connectivity index (χ3v) is 9.88. The van der Waals surface area contributed by atoms with E-state index in [1.807, 2.05) is 13.8 Å². The second-order valence-corrected chi connectivity index (χ2v) is 15.0. The fraction of sp³-hybridized carbons (Fsp3) is 0.452. The number of aromatic hydroxyl groups is 1. The summed E-state index contributed by atoms with van der Waals surface area (Å²) in [6.45, 7) is 9.15. The van der Waals surface area contributed by atoms with E-state index in [1.54, 1.807) is 51.2 Å². The highest BCUT2D eigenvalue weighted by atomic mass is 32.2. The normalized spacial score (nSPS) is 17.2. The summed E-state index contributed by atoms with van der Waals surface area (Å²) in [5, 5.41) is 18.8. The van der Waals surface area contributed by atoms with Crippen LogP contribution in [0.2, 0.25) is 0 Å². The van der Waals surface area contributed by atoms with Crippen molar-refractivity contribution >= 4 is 39.2 Å². The standard InChI is InChI=1S/C31H41N5O6S2/c1-19(2)42-30(39)35-22-10-8-21(9-11-22)28-32-18-26(43-28)25-15-12-23(16-27(25)44(40,41)36-31(3,4)5)34-29(38)33-17-20-6-13-24(37)14-7-20/h6-7,12-16,18-19,21-22,36-37H,8-11,17H2,1-5H3,(H,35,39)(H2,33,34,38)/t21-,22-. The topological polar surface area (TPSA) is 159 Å². The maximum atomic E-state index is 13.6. The highest BCUT2D eigenvalue weighted by Gasteiger charge is 2.29. The predicted octanol–water partition coefficient (Wildman–Crippen LogP) is 6.08. The molecule has 0 saturated heterocycles. The Labute approximate surface area is 262 Å². The van der Waals surface area contributed by atoms with Crippen molar-refractivity contribution in [3.05, 3.63) is 59.2 Å². The lowest BCUT2D eigenvalue weighted by molar-refractivity contribution is 0.109. The Bertz CT molecular complexity index is 1560. The number of phenols is 1. The average Bonchev–Trinajstić information content (AvgIpc) is 3.42. The van der Waals surface area contributed by atoms with Gasteiger partial charge in [0.05, 0.1) is 20.9 Å². The van der Waals surface area contributed by atoms with Crippen LogP contribution in [0.15, 0.2) is 53.6 Å². The quantitative estimate of drug-likeness (QED) is 0.189. The number of hydrogen-bond acceptors (Lipinski definition) is 8. The van der Waals surface area contributed by atoms with Crippen molar-refractivity contribution in [3.8, 4) is 16.2 Å². The van der Waals surface area contributed by atoms with E-state index in [4.69, 9.17) is 4.74 Å². The second-order valence-electron chi connectivity index (χ2n) is 12.3. The summed E-state index contributed by atoms with van der Waals surface area (Å²) in [6.07, 6.45) is 4.43. The number of nitrogens with zero attached hydrogens (tertiary/aromatic N) is 1. The highest BCUT2D eigenvalue weighted by molar-refractivity contribution is 7.89. The van der Waals surface area contributed by atoms with Gasteiger partial charge in [-0.1, -0.05) is 18.2 Å². The number of anilines is 1. The SMILES string of the molecule is CC(C)OC(=O)N[C@H]1CC[C@H](c2ncc(-c3ccc(NC(=O)NCc4ccc(O)cc4)cc3S(=O)(=O)NC(C)(C)C)s2)CC1. The predicted molar refractivity (Wildman–Crippen MR) is 171 cm³/mol. The number of phenolic OH excluding ortho intramolecular Hbond substituents is 1. The van der Waals surface area contributed by atoms with Crippen molar-refractivity contribution in [1.82, 2.24) is 20.3 Å². The molecular weight excluding hydrogens is 603 g/mol. The van der Waals surface area contributed by atoms with Gasteiger partial charge in [-0.2, -0.15) is 0 Å². The number of ether oxygens (including phenoxy) is 1. The molecule has 1 saturated carbocycles. The molecule has 11 nitrogen and oxygen atoms in total. The molecule has 1 aromatic heterocycles. The summed E-state index contributed by atoms with van der Waals surface area (Å²) in [4.78, 5) is 30.0. The van der Waals surface area contributed by atoms with Crippen LogP contribution < -0.4 is 20.7 Å². The Morgan fingerprint density at radius 3 is 2.39 bits per heavy atom. The molecule has 13 heteroatoms. The molecule has 1 fully saturated rings. The molecule has 0 spiro atoms. The minimum Gasteiger partial charge on any atom is -0.508 e. The first kappa shape index (κ1) is 33.2. The van der Waals surface area contributed by atoms with Gasteiger partial charge in [0.25, 0.3) is 0 Å². The molecule has 0 bridgehead atoms. The van der Waals surface area contributed by atoms with E-state index in [2.05, 4.69) is 25.7 Å². The Morgan fingerprint density at radius 1 is 1.07 bits per heavy atom. The van der Waals surface area contributed by atoms with Crippen LogP contribution in [0.4, 0.5) is 15.3 Å². The average molecular weight is 644 g/mol. The number of sulfonamides is 1. The first-order valence-electron chi connectivity index (χ1n) is 14.6. The molecule has 3 amide bonds. The zero-order chi connectivity index (χ0) is 32.1. The monoisotopic (exact) mass is 643 g/mol. The summed E-state index contributed by atoms with van der Waals surface area (Å²) in [5.41, 5.74) is 0.879. The molecule has 4 rings (SSSR count). The van der Waals surface area contributed by atoms with E-state index < -0.39 is 27.7 Å². The fourth-order valence-electron chi connectivity index (χ4n) is 4.96. The van der Waals surface area contributed by atoms with Gasteiger partial charge in [0.2, 0.25) is 10.0 Å². The van der Waals surface area contributed by atoms with Gasteiger partial charge in [0.15, 0.2) is 0 Å². The van der Waals surface area contributed by atoms with Crippen LogP contribution in [-0.4, -0.2) is 48.3 Å². The number of amides is 3. The molecule has 0 unspecified atom stereocenters. The zero-order valence-electron chi connectivity index (χ0n) is 25.6. The zero-order valence-corrected chi connectivity index (χ0v) is 27.3. The summed E-state index contributed by atoms with van der Waals surface area (Å²) < 4.78 is 35.1. The number of carbonyl (C=O) groups excluding carboxylic acids is 2. The van der Waals surface area contributed by atoms with E-state index in [0.717, 1.165) is 36.3 Å². The molecule has 0 aliphatic heterocycles. The fourth-order valence-corrected chi connectivity index (χ4v) is 7.81. The Balaban J connectivity index is 1.50. The number of urea groups is 1. The number of aromatic nitrogens is 1. The maximum absolute atomic E-state index is 13.6. The third-order valence-electron chi connectivity index (χ3n) is 6.89. The molecule has 44 heavy (non-hydrogen) atoms. The van der Waals surface area contributed by atoms with Gasteiger partial charge < -0.3 is 25.8 Å². The van der Waals surface area contributed by atoms with Crippen LogP contribution >= 0.6 is 11.3 Å². The number of hydrogen-bond donors (Lipinski definition) is 5. The molecule has 1 aliphatic carbocycles. The van der Waals surface area contributed by atoms with E-state index in [1.165, 1.54) is 29.5 Å². The molecule has 1 heterocycles. The Kier molecular flexibility index (Phi) is 10.5. The number of rotatable bonds is 9. The summed E-state index contributed by atoms with van der Waals surface area (Å²) >= 11 is 1.46. The van der Waals surface area contributed by atoms with Crippen LogP contribution in [0.3, 0.4) is 0 Å². The lowest BCUT2D eigenvalue weighted by Gasteiger charge is -2.28. The van der Waals surface area contributed by atoms with E-state index in [9.17, 15) is 23.1 Å². The summed E-state index contributed by atoms with van der Waals surface area (Å²) in [5.74, 6) is 0.341. The Hall–Kier alpha value is -3.68. The number of thiazole rings is 1. The Morgan fingerprint density at radius 2 is 1.75 bits per heavy atom. The van der Waals surface area contributed by atoms with Crippen LogP contribution in [0.5, 0.6) is 5.75 Å². The molecule has 0 radical (unpaired) electrons. The molecule has 3 aromatic rings. The van der Waals surface area contributed by atoms with Crippen LogP contribution in [0.1, 0.15) is 76.8 Å². The summed E-state index contributed by atoms with van der Waals surface area (Å²) in [7, 11) is -3.98.